The first-order valence-corrected chi connectivity index (χ1v) is 7.36. The molecule has 0 bridgehead atoms. The molecule has 0 saturated carbocycles. The Morgan fingerprint density at radius 3 is 3.09 bits per heavy atom. The van der Waals surface area contributed by atoms with Crippen molar-refractivity contribution in [2.45, 2.75) is 12.5 Å². The van der Waals surface area contributed by atoms with Crippen LogP contribution in [-0.2, 0) is 18.3 Å². The number of hydrogen-bond acceptors (Lipinski definition) is 3. The summed E-state index contributed by atoms with van der Waals surface area (Å²) in [6.07, 6.45) is 3.87. The zero-order chi connectivity index (χ0) is 15.5. The van der Waals surface area contributed by atoms with E-state index in [0.717, 1.165) is 17.7 Å². The average Bonchev–Trinajstić information content (AvgIpc) is 2.92. The van der Waals surface area contributed by atoms with E-state index in [1.807, 2.05) is 24.2 Å². The zero-order valence-corrected chi connectivity index (χ0v) is 12.5. The molecule has 1 aliphatic heterocycles. The molecule has 1 fully saturated rings. The fourth-order valence-electron chi connectivity index (χ4n) is 2.85. The standard InChI is InChI=1S/C16H19FN4O/c1-20-11-12(9-19-20)7-16(22)21-6-5-18-10-15(21)13-3-2-4-14(17)8-13/h2-4,8-9,11,15,18H,5-7,10H2,1H3. The molecule has 2 aromatic rings. The minimum Gasteiger partial charge on any atom is -0.333 e. The van der Waals surface area contributed by atoms with E-state index in [4.69, 9.17) is 0 Å². The van der Waals surface area contributed by atoms with Gasteiger partial charge in [-0.2, -0.15) is 5.10 Å². The number of piperazine rings is 1. The van der Waals surface area contributed by atoms with Crippen LogP contribution in [0.2, 0.25) is 0 Å². The predicted molar refractivity (Wildman–Crippen MR) is 80.6 cm³/mol. The van der Waals surface area contributed by atoms with E-state index in [0.29, 0.717) is 19.5 Å². The Morgan fingerprint density at radius 1 is 1.50 bits per heavy atom. The second-order valence-electron chi connectivity index (χ2n) is 5.56. The monoisotopic (exact) mass is 302 g/mol. The third-order valence-electron chi connectivity index (χ3n) is 3.91. The molecule has 3 rings (SSSR count). The Morgan fingerprint density at radius 2 is 2.36 bits per heavy atom. The number of aromatic nitrogens is 2. The first-order chi connectivity index (χ1) is 10.6. The van der Waals surface area contributed by atoms with Crippen molar-refractivity contribution in [1.82, 2.24) is 20.0 Å². The molecular weight excluding hydrogens is 283 g/mol. The van der Waals surface area contributed by atoms with Crippen LogP contribution in [0.1, 0.15) is 17.2 Å². The van der Waals surface area contributed by atoms with Gasteiger partial charge in [0.15, 0.2) is 0 Å². The summed E-state index contributed by atoms with van der Waals surface area (Å²) in [7, 11) is 1.83. The second-order valence-corrected chi connectivity index (χ2v) is 5.56. The van der Waals surface area contributed by atoms with Crippen molar-refractivity contribution in [3.05, 3.63) is 53.6 Å². The molecule has 1 aromatic heterocycles. The number of carbonyl (C=O) groups excluding carboxylic acids is 1. The van der Waals surface area contributed by atoms with Gasteiger partial charge >= 0.3 is 0 Å². The number of aryl methyl sites for hydroxylation is 1. The maximum atomic E-state index is 13.5. The Kier molecular flexibility index (Phi) is 4.20. The molecule has 1 N–H and O–H groups in total. The fourth-order valence-corrected chi connectivity index (χ4v) is 2.85. The first kappa shape index (κ1) is 14.7. The normalized spacial score (nSPS) is 18.5. The molecule has 1 aliphatic rings. The van der Waals surface area contributed by atoms with Crippen molar-refractivity contribution in [2.75, 3.05) is 19.6 Å². The van der Waals surface area contributed by atoms with E-state index in [1.165, 1.54) is 12.1 Å². The molecule has 2 heterocycles. The summed E-state index contributed by atoms with van der Waals surface area (Å²) in [5.41, 5.74) is 1.72. The van der Waals surface area contributed by atoms with E-state index < -0.39 is 0 Å². The maximum absolute atomic E-state index is 13.5. The molecule has 1 unspecified atom stereocenters. The number of hydrogen-bond donors (Lipinski definition) is 1. The highest BCUT2D eigenvalue weighted by Gasteiger charge is 2.28. The lowest BCUT2D eigenvalue weighted by Gasteiger charge is -2.36. The van der Waals surface area contributed by atoms with Crippen LogP contribution in [0.5, 0.6) is 0 Å². The molecule has 1 saturated heterocycles. The van der Waals surface area contributed by atoms with Gasteiger partial charge in [0.1, 0.15) is 5.82 Å². The minimum absolute atomic E-state index is 0.0451. The van der Waals surface area contributed by atoms with E-state index in [2.05, 4.69) is 10.4 Å². The Bertz CT molecular complexity index is 670. The molecule has 1 aromatic carbocycles. The number of amides is 1. The summed E-state index contributed by atoms with van der Waals surface area (Å²) in [5.74, 6) is -0.230. The van der Waals surface area contributed by atoms with Crippen LogP contribution in [-0.4, -0.2) is 40.2 Å². The van der Waals surface area contributed by atoms with E-state index >= 15 is 0 Å². The highest BCUT2D eigenvalue weighted by molar-refractivity contribution is 5.79. The van der Waals surface area contributed by atoms with Gasteiger partial charge in [0, 0.05) is 32.9 Å². The van der Waals surface area contributed by atoms with Crippen molar-refractivity contribution < 1.29 is 9.18 Å². The topological polar surface area (TPSA) is 50.2 Å². The number of nitrogens with one attached hydrogen (secondary N) is 1. The van der Waals surface area contributed by atoms with Gasteiger partial charge in [-0.25, -0.2) is 4.39 Å². The predicted octanol–water partition coefficient (Wildman–Crippen LogP) is 1.27. The van der Waals surface area contributed by atoms with Crippen LogP contribution < -0.4 is 5.32 Å². The fraction of sp³-hybridized carbons (Fsp3) is 0.375. The van der Waals surface area contributed by atoms with Crippen LogP contribution in [0.3, 0.4) is 0 Å². The number of nitrogens with zero attached hydrogens (tertiary/aromatic N) is 3. The lowest BCUT2D eigenvalue weighted by molar-refractivity contribution is -0.133. The third-order valence-corrected chi connectivity index (χ3v) is 3.91. The molecule has 0 aliphatic carbocycles. The van der Waals surface area contributed by atoms with Crippen LogP contribution in [0.15, 0.2) is 36.7 Å². The molecule has 0 radical (unpaired) electrons. The molecular formula is C16H19FN4O. The van der Waals surface area contributed by atoms with Gasteiger partial charge in [-0.05, 0) is 23.3 Å². The summed E-state index contributed by atoms with van der Waals surface area (Å²) in [5, 5.41) is 7.36. The molecule has 22 heavy (non-hydrogen) atoms. The Balaban J connectivity index is 1.78. The number of benzene rings is 1. The minimum atomic E-state index is -0.275. The third kappa shape index (κ3) is 3.17. The Labute approximate surface area is 128 Å². The SMILES string of the molecule is Cn1cc(CC(=O)N2CCNCC2c2cccc(F)c2)cn1. The molecule has 1 atom stereocenters. The van der Waals surface area contributed by atoms with Gasteiger partial charge in [0.25, 0.3) is 0 Å². The van der Waals surface area contributed by atoms with Crippen LogP contribution in [0.25, 0.3) is 0 Å². The van der Waals surface area contributed by atoms with Crippen molar-refractivity contribution in [1.29, 1.82) is 0 Å². The van der Waals surface area contributed by atoms with Crippen LogP contribution in [0.4, 0.5) is 4.39 Å². The van der Waals surface area contributed by atoms with E-state index in [1.54, 1.807) is 16.9 Å². The highest BCUT2D eigenvalue weighted by Crippen LogP contribution is 2.23. The van der Waals surface area contributed by atoms with E-state index in [9.17, 15) is 9.18 Å². The van der Waals surface area contributed by atoms with Crippen molar-refractivity contribution in [3.8, 4) is 0 Å². The summed E-state index contributed by atoms with van der Waals surface area (Å²) in [6, 6.07) is 6.34. The van der Waals surface area contributed by atoms with Crippen LogP contribution >= 0.6 is 0 Å². The van der Waals surface area contributed by atoms with Gasteiger partial charge in [0.2, 0.25) is 5.91 Å². The lowest BCUT2D eigenvalue weighted by Crippen LogP contribution is -2.49. The molecule has 6 heteroatoms. The smallest absolute Gasteiger partial charge is 0.227 e. The molecule has 116 valence electrons. The van der Waals surface area contributed by atoms with Gasteiger partial charge in [0.05, 0.1) is 18.7 Å². The van der Waals surface area contributed by atoms with Crippen molar-refractivity contribution in [3.63, 3.8) is 0 Å². The highest BCUT2D eigenvalue weighted by atomic mass is 19.1. The number of carbonyl (C=O) groups is 1. The summed E-state index contributed by atoms with van der Waals surface area (Å²) < 4.78 is 15.2. The molecule has 0 spiro atoms. The van der Waals surface area contributed by atoms with Gasteiger partial charge in [-0.1, -0.05) is 12.1 Å². The van der Waals surface area contributed by atoms with Gasteiger partial charge in [-0.3, -0.25) is 9.48 Å². The summed E-state index contributed by atoms with van der Waals surface area (Å²) in [6.45, 7) is 2.02. The largest absolute Gasteiger partial charge is 0.333 e. The molecule has 1 amide bonds. The zero-order valence-electron chi connectivity index (χ0n) is 12.5. The van der Waals surface area contributed by atoms with Crippen LogP contribution in [0, 0.1) is 5.82 Å². The Hall–Kier alpha value is -2.21. The summed E-state index contributed by atoms with van der Waals surface area (Å²) in [4.78, 5) is 14.4. The van der Waals surface area contributed by atoms with E-state index in [-0.39, 0.29) is 17.8 Å². The number of rotatable bonds is 3. The van der Waals surface area contributed by atoms with Crippen molar-refractivity contribution in [2.24, 2.45) is 7.05 Å². The maximum Gasteiger partial charge on any atom is 0.227 e. The lowest BCUT2D eigenvalue weighted by atomic mass is 10.0. The van der Waals surface area contributed by atoms with Gasteiger partial charge in [-0.15, -0.1) is 0 Å². The van der Waals surface area contributed by atoms with Crippen molar-refractivity contribution >= 4 is 5.91 Å². The van der Waals surface area contributed by atoms with Gasteiger partial charge < -0.3 is 10.2 Å². The number of halogens is 1. The first-order valence-electron chi connectivity index (χ1n) is 7.36. The average molecular weight is 302 g/mol. The summed E-state index contributed by atoms with van der Waals surface area (Å²) >= 11 is 0. The second kappa shape index (κ2) is 6.27. The molecule has 5 nitrogen and oxygen atoms in total. The quantitative estimate of drug-likeness (QED) is 0.929.